The highest BCUT2D eigenvalue weighted by atomic mass is 15.5. The molecule has 0 atom stereocenters. The van der Waals surface area contributed by atoms with Crippen LogP contribution in [0.5, 0.6) is 0 Å². The molecule has 0 unspecified atom stereocenters. The number of benzene rings is 1. The lowest BCUT2D eigenvalue weighted by atomic mass is 10.3. The van der Waals surface area contributed by atoms with Crippen LogP contribution in [-0.2, 0) is 0 Å². The highest BCUT2D eigenvalue weighted by Crippen LogP contribution is 2.07. The first kappa shape index (κ1) is 11.7. The zero-order chi connectivity index (χ0) is 10.1. The number of allylic oxidation sites excluding steroid dienone is 1. The number of para-hydroxylation sites is 1. The summed E-state index contributed by atoms with van der Waals surface area (Å²) in [5.74, 6) is 0. The monoisotopic (exact) mass is 178 g/mol. The van der Waals surface area contributed by atoms with Crippen LogP contribution in [-0.4, -0.2) is 14.1 Å². The summed E-state index contributed by atoms with van der Waals surface area (Å²) >= 11 is 0. The Balaban J connectivity index is 0.000000424. The third-order valence-electron chi connectivity index (χ3n) is 1.48. The minimum Gasteiger partial charge on any atom is -0.312 e. The van der Waals surface area contributed by atoms with E-state index in [1.807, 2.05) is 44.2 Å². The molecule has 2 nitrogen and oxygen atoms in total. The van der Waals surface area contributed by atoms with Crippen LogP contribution in [0.25, 0.3) is 0 Å². The third-order valence-corrected chi connectivity index (χ3v) is 1.48. The standard InChI is InChI=1S/C8H12N2.C3H6/c1-9-10(2)8-6-4-3-5-7-8;1-3-2/h3-7,9H,1-2H3;3H,1H2,2H3. The van der Waals surface area contributed by atoms with Crippen LogP contribution in [0, 0.1) is 0 Å². The first-order valence-electron chi connectivity index (χ1n) is 4.29. The van der Waals surface area contributed by atoms with E-state index < -0.39 is 0 Å². The molecule has 2 heteroatoms. The SMILES string of the molecule is C=CC.CNN(C)c1ccccc1. The molecular weight excluding hydrogens is 160 g/mol. The van der Waals surface area contributed by atoms with Gasteiger partial charge in [-0.2, -0.15) is 0 Å². The predicted molar refractivity (Wildman–Crippen MR) is 59.8 cm³/mol. The Hall–Kier alpha value is -1.28. The molecule has 0 saturated carbocycles. The fourth-order valence-corrected chi connectivity index (χ4v) is 0.781. The molecule has 0 fully saturated rings. The van der Waals surface area contributed by atoms with Gasteiger partial charge in [-0.05, 0) is 19.1 Å². The van der Waals surface area contributed by atoms with Crippen molar-refractivity contribution < 1.29 is 0 Å². The molecule has 72 valence electrons. The van der Waals surface area contributed by atoms with Crippen LogP contribution in [0.1, 0.15) is 6.92 Å². The van der Waals surface area contributed by atoms with E-state index in [4.69, 9.17) is 0 Å². The van der Waals surface area contributed by atoms with Crippen molar-refractivity contribution in [2.24, 2.45) is 0 Å². The zero-order valence-electron chi connectivity index (χ0n) is 8.62. The van der Waals surface area contributed by atoms with Crippen molar-refractivity contribution in [3.8, 4) is 0 Å². The van der Waals surface area contributed by atoms with Crippen LogP contribution in [0.4, 0.5) is 5.69 Å². The number of hydrazine groups is 1. The Bertz CT molecular complexity index is 219. The van der Waals surface area contributed by atoms with E-state index in [0.717, 1.165) is 0 Å². The lowest BCUT2D eigenvalue weighted by Crippen LogP contribution is -2.30. The molecule has 1 N–H and O–H groups in total. The third kappa shape index (κ3) is 5.04. The van der Waals surface area contributed by atoms with Gasteiger partial charge in [-0.1, -0.05) is 24.3 Å². The van der Waals surface area contributed by atoms with Crippen LogP contribution in [0.2, 0.25) is 0 Å². The Morgan fingerprint density at radius 1 is 1.31 bits per heavy atom. The van der Waals surface area contributed by atoms with Crippen LogP contribution in [0.15, 0.2) is 43.0 Å². The fourth-order valence-electron chi connectivity index (χ4n) is 0.781. The van der Waals surface area contributed by atoms with E-state index in [0.29, 0.717) is 0 Å². The first-order chi connectivity index (χ1) is 6.26. The fraction of sp³-hybridized carbons (Fsp3) is 0.273. The predicted octanol–water partition coefficient (Wildman–Crippen LogP) is 2.45. The molecule has 0 amide bonds. The molecule has 0 saturated heterocycles. The van der Waals surface area contributed by atoms with Gasteiger partial charge < -0.3 is 5.01 Å². The molecule has 0 bridgehead atoms. The summed E-state index contributed by atoms with van der Waals surface area (Å²) in [6.45, 7) is 5.25. The summed E-state index contributed by atoms with van der Waals surface area (Å²) in [6.07, 6.45) is 1.75. The first-order valence-corrected chi connectivity index (χ1v) is 4.29. The van der Waals surface area contributed by atoms with E-state index >= 15 is 0 Å². The maximum atomic E-state index is 3.36. The zero-order valence-corrected chi connectivity index (χ0v) is 8.62. The van der Waals surface area contributed by atoms with Gasteiger partial charge in [-0.15, -0.1) is 6.58 Å². The van der Waals surface area contributed by atoms with E-state index in [2.05, 4.69) is 24.1 Å². The molecule has 0 radical (unpaired) electrons. The van der Waals surface area contributed by atoms with Crippen molar-refractivity contribution >= 4 is 5.69 Å². The molecule has 0 aromatic heterocycles. The lowest BCUT2D eigenvalue weighted by molar-refractivity contribution is 0.791. The molecule has 1 aromatic carbocycles. The van der Waals surface area contributed by atoms with Crippen molar-refractivity contribution in [2.75, 3.05) is 19.1 Å². The summed E-state index contributed by atoms with van der Waals surface area (Å²) in [5.41, 5.74) is 4.19. The summed E-state index contributed by atoms with van der Waals surface area (Å²) in [6, 6.07) is 10.1. The smallest absolute Gasteiger partial charge is 0.0516 e. The molecule has 1 aromatic rings. The Labute approximate surface area is 80.9 Å². The second-order valence-electron chi connectivity index (χ2n) is 2.53. The van der Waals surface area contributed by atoms with E-state index in [-0.39, 0.29) is 0 Å². The topological polar surface area (TPSA) is 15.3 Å². The Kier molecular flexibility index (Phi) is 6.65. The van der Waals surface area contributed by atoms with Crippen LogP contribution < -0.4 is 10.4 Å². The minimum atomic E-state index is 1.17. The van der Waals surface area contributed by atoms with Crippen molar-refractivity contribution in [3.05, 3.63) is 43.0 Å². The van der Waals surface area contributed by atoms with Crippen LogP contribution >= 0.6 is 0 Å². The van der Waals surface area contributed by atoms with Gasteiger partial charge in [-0.3, -0.25) is 0 Å². The van der Waals surface area contributed by atoms with E-state index in [1.165, 1.54) is 5.69 Å². The number of hydrogen-bond donors (Lipinski definition) is 1. The summed E-state index contributed by atoms with van der Waals surface area (Å²) in [4.78, 5) is 0. The molecule has 0 aliphatic carbocycles. The second kappa shape index (κ2) is 7.37. The average molecular weight is 178 g/mol. The van der Waals surface area contributed by atoms with Crippen molar-refractivity contribution in [1.29, 1.82) is 0 Å². The van der Waals surface area contributed by atoms with Crippen molar-refractivity contribution in [2.45, 2.75) is 6.92 Å². The summed E-state index contributed by atoms with van der Waals surface area (Å²) in [5, 5.41) is 1.96. The quantitative estimate of drug-likeness (QED) is 0.553. The van der Waals surface area contributed by atoms with Gasteiger partial charge in [0.15, 0.2) is 0 Å². The van der Waals surface area contributed by atoms with E-state index in [9.17, 15) is 0 Å². The number of nitrogens with zero attached hydrogens (tertiary/aromatic N) is 1. The highest BCUT2D eigenvalue weighted by Gasteiger charge is 1.92. The van der Waals surface area contributed by atoms with Gasteiger partial charge in [0.1, 0.15) is 0 Å². The van der Waals surface area contributed by atoms with Gasteiger partial charge in [-0.25, -0.2) is 5.43 Å². The lowest BCUT2D eigenvalue weighted by Gasteiger charge is -2.16. The molecule has 13 heavy (non-hydrogen) atoms. The van der Waals surface area contributed by atoms with Crippen LogP contribution in [0.3, 0.4) is 0 Å². The van der Waals surface area contributed by atoms with Gasteiger partial charge in [0.05, 0.1) is 5.69 Å². The van der Waals surface area contributed by atoms with Gasteiger partial charge >= 0.3 is 0 Å². The molecule has 0 spiro atoms. The van der Waals surface area contributed by atoms with Gasteiger partial charge in [0.25, 0.3) is 0 Å². The number of rotatable bonds is 2. The number of anilines is 1. The summed E-state index contributed by atoms with van der Waals surface area (Å²) in [7, 11) is 3.88. The minimum absolute atomic E-state index is 1.17. The molecule has 0 heterocycles. The normalized spacial score (nSPS) is 8.23. The maximum Gasteiger partial charge on any atom is 0.0516 e. The van der Waals surface area contributed by atoms with E-state index in [1.54, 1.807) is 6.08 Å². The Morgan fingerprint density at radius 3 is 2.15 bits per heavy atom. The Morgan fingerprint density at radius 2 is 1.77 bits per heavy atom. The largest absolute Gasteiger partial charge is 0.312 e. The second-order valence-corrected chi connectivity index (χ2v) is 2.53. The van der Waals surface area contributed by atoms with Gasteiger partial charge in [0, 0.05) is 14.1 Å². The molecular formula is C11H18N2. The highest BCUT2D eigenvalue weighted by molar-refractivity contribution is 5.43. The summed E-state index contributed by atoms with van der Waals surface area (Å²) < 4.78 is 0. The van der Waals surface area contributed by atoms with Crippen molar-refractivity contribution in [3.63, 3.8) is 0 Å². The maximum absolute atomic E-state index is 3.36. The average Bonchev–Trinajstić information content (AvgIpc) is 2.19. The van der Waals surface area contributed by atoms with Gasteiger partial charge in [0.2, 0.25) is 0 Å². The van der Waals surface area contributed by atoms with Crippen molar-refractivity contribution in [1.82, 2.24) is 5.43 Å². The number of hydrogen-bond acceptors (Lipinski definition) is 2. The molecule has 0 aliphatic rings. The number of nitrogens with one attached hydrogen (secondary N) is 1. The molecule has 0 aliphatic heterocycles. The molecule has 1 rings (SSSR count).